The molecule has 1 fully saturated rings. The van der Waals surface area contributed by atoms with Crippen molar-refractivity contribution in [3.63, 3.8) is 0 Å². The van der Waals surface area contributed by atoms with Gasteiger partial charge in [-0.1, -0.05) is 0 Å². The van der Waals surface area contributed by atoms with E-state index in [-0.39, 0.29) is 11.3 Å². The molecule has 7 heteroatoms. The van der Waals surface area contributed by atoms with Gasteiger partial charge in [-0.25, -0.2) is 20.2 Å². The second kappa shape index (κ2) is 5.34. The van der Waals surface area contributed by atoms with Crippen LogP contribution in [0.2, 0.25) is 0 Å². The summed E-state index contributed by atoms with van der Waals surface area (Å²) in [5, 5.41) is 11.6. The molecule has 106 valence electrons. The predicted molar refractivity (Wildman–Crippen MR) is 76.2 cm³/mol. The second-order valence-corrected chi connectivity index (χ2v) is 4.85. The maximum absolute atomic E-state index is 13.9. The van der Waals surface area contributed by atoms with Crippen LogP contribution in [-0.2, 0) is 0 Å². The monoisotopic (exact) mass is 284 g/mol. The number of nitrogens with one attached hydrogen (secondary N) is 2. The van der Waals surface area contributed by atoms with E-state index in [2.05, 4.69) is 20.7 Å². The lowest BCUT2D eigenvalue weighted by Crippen LogP contribution is -2.11. The standard InChI is InChI=1S/C14H13FN6/c15-10-5-8(7-16)1-4-11(10)18-12-6-13(21-17)20-14(19-12)9-2-3-9/h1,4-6,9H,2-3,17H2,(H2,18,19,20,21). The van der Waals surface area contributed by atoms with Gasteiger partial charge < -0.3 is 10.7 Å². The molecule has 1 aromatic heterocycles. The molecule has 0 amide bonds. The third kappa shape index (κ3) is 2.90. The number of rotatable bonds is 4. The van der Waals surface area contributed by atoms with Crippen LogP contribution >= 0.6 is 0 Å². The fourth-order valence-corrected chi connectivity index (χ4v) is 1.95. The van der Waals surface area contributed by atoms with Gasteiger partial charge >= 0.3 is 0 Å². The Morgan fingerprint density at radius 1 is 1.24 bits per heavy atom. The first-order chi connectivity index (χ1) is 10.2. The summed E-state index contributed by atoms with van der Waals surface area (Å²) in [4.78, 5) is 8.65. The van der Waals surface area contributed by atoms with Crippen molar-refractivity contribution in [3.05, 3.63) is 41.5 Å². The number of hydrazine groups is 1. The number of nitrogen functional groups attached to an aromatic ring is 1. The Morgan fingerprint density at radius 2 is 2.00 bits per heavy atom. The van der Waals surface area contributed by atoms with Crippen LogP contribution in [0.3, 0.4) is 0 Å². The fraction of sp³-hybridized carbons (Fsp3) is 0.214. The van der Waals surface area contributed by atoms with Crippen molar-refractivity contribution in [3.8, 4) is 6.07 Å². The highest BCUT2D eigenvalue weighted by Gasteiger charge is 2.27. The van der Waals surface area contributed by atoms with Crippen molar-refractivity contribution in [1.82, 2.24) is 9.97 Å². The van der Waals surface area contributed by atoms with Crippen LogP contribution < -0.4 is 16.6 Å². The minimum absolute atomic E-state index is 0.248. The van der Waals surface area contributed by atoms with Crippen molar-refractivity contribution in [1.29, 1.82) is 5.26 Å². The molecule has 0 saturated heterocycles. The predicted octanol–water partition coefficient (Wildman–Crippen LogP) is 2.39. The first-order valence-electron chi connectivity index (χ1n) is 6.52. The summed E-state index contributed by atoms with van der Waals surface area (Å²) in [5.41, 5.74) is 3.00. The summed E-state index contributed by atoms with van der Waals surface area (Å²) >= 11 is 0. The van der Waals surface area contributed by atoms with E-state index < -0.39 is 5.82 Å². The number of halogens is 1. The van der Waals surface area contributed by atoms with Crippen molar-refractivity contribution in [2.75, 3.05) is 10.7 Å². The molecular weight excluding hydrogens is 271 g/mol. The lowest BCUT2D eigenvalue weighted by atomic mass is 10.2. The molecule has 0 atom stereocenters. The van der Waals surface area contributed by atoms with Gasteiger partial charge in [-0.2, -0.15) is 5.26 Å². The summed E-state index contributed by atoms with van der Waals surface area (Å²) in [6.45, 7) is 0. The molecule has 1 aromatic carbocycles. The number of nitriles is 1. The number of hydrogen-bond donors (Lipinski definition) is 3. The van der Waals surface area contributed by atoms with Crippen LogP contribution in [0.25, 0.3) is 0 Å². The number of anilines is 3. The van der Waals surface area contributed by atoms with Crippen LogP contribution in [0.1, 0.15) is 30.1 Å². The Balaban J connectivity index is 1.90. The van der Waals surface area contributed by atoms with E-state index in [0.717, 1.165) is 12.8 Å². The number of nitrogens with zero attached hydrogens (tertiary/aromatic N) is 3. The SMILES string of the molecule is N#Cc1ccc(Nc2cc(NN)nc(C3CC3)n2)c(F)c1. The molecule has 4 N–H and O–H groups in total. The number of nitrogens with two attached hydrogens (primary N) is 1. The molecule has 0 unspecified atom stereocenters. The normalized spacial score (nSPS) is 13.6. The topological polar surface area (TPSA) is 99.7 Å². The average molecular weight is 284 g/mol. The van der Waals surface area contributed by atoms with Crippen molar-refractivity contribution < 1.29 is 4.39 Å². The van der Waals surface area contributed by atoms with Crippen molar-refractivity contribution in [2.24, 2.45) is 5.84 Å². The minimum atomic E-state index is -0.511. The molecule has 1 aliphatic carbocycles. The number of benzene rings is 1. The van der Waals surface area contributed by atoms with Gasteiger partial charge in [0, 0.05) is 12.0 Å². The molecule has 0 radical (unpaired) electrons. The summed E-state index contributed by atoms with van der Waals surface area (Å²) in [5.74, 6) is 6.86. The maximum Gasteiger partial charge on any atom is 0.147 e. The fourth-order valence-electron chi connectivity index (χ4n) is 1.95. The van der Waals surface area contributed by atoms with Gasteiger partial charge in [0.05, 0.1) is 17.3 Å². The molecule has 6 nitrogen and oxygen atoms in total. The summed E-state index contributed by atoms with van der Waals surface area (Å²) in [6, 6.07) is 7.70. The van der Waals surface area contributed by atoms with Gasteiger partial charge in [-0.3, -0.25) is 0 Å². The van der Waals surface area contributed by atoms with E-state index in [4.69, 9.17) is 11.1 Å². The molecule has 1 saturated carbocycles. The molecule has 1 heterocycles. The Morgan fingerprint density at radius 3 is 2.62 bits per heavy atom. The van der Waals surface area contributed by atoms with Gasteiger partial charge in [0.25, 0.3) is 0 Å². The van der Waals surface area contributed by atoms with Crippen LogP contribution in [0.5, 0.6) is 0 Å². The summed E-state index contributed by atoms with van der Waals surface area (Å²) < 4.78 is 13.9. The van der Waals surface area contributed by atoms with E-state index in [1.54, 1.807) is 6.07 Å². The molecule has 3 rings (SSSR count). The first-order valence-corrected chi connectivity index (χ1v) is 6.52. The third-order valence-electron chi connectivity index (χ3n) is 3.19. The number of aromatic nitrogens is 2. The average Bonchev–Trinajstić information content (AvgIpc) is 3.33. The van der Waals surface area contributed by atoms with E-state index in [9.17, 15) is 4.39 Å². The van der Waals surface area contributed by atoms with Gasteiger partial charge in [0.2, 0.25) is 0 Å². The van der Waals surface area contributed by atoms with Gasteiger partial charge in [-0.05, 0) is 31.0 Å². The summed E-state index contributed by atoms with van der Waals surface area (Å²) in [6.07, 6.45) is 2.11. The Hall–Kier alpha value is -2.72. The lowest BCUT2D eigenvalue weighted by Gasteiger charge is -2.10. The van der Waals surface area contributed by atoms with E-state index in [1.807, 2.05) is 6.07 Å². The largest absolute Gasteiger partial charge is 0.338 e. The summed E-state index contributed by atoms with van der Waals surface area (Å²) in [7, 11) is 0. The maximum atomic E-state index is 13.9. The van der Waals surface area contributed by atoms with Gasteiger partial charge in [0.15, 0.2) is 0 Å². The Labute approximate surface area is 120 Å². The quantitative estimate of drug-likeness (QED) is 0.589. The number of hydrogen-bond acceptors (Lipinski definition) is 6. The zero-order valence-electron chi connectivity index (χ0n) is 11.1. The highest BCUT2D eigenvalue weighted by Crippen LogP contribution is 2.39. The Bertz CT molecular complexity index is 720. The van der Waals surface area contributed by atoms with E-state index in [1.165, 1.54) is 18.2 Å². The van der Waals surface area contributed by atoms with E-state index >= 15 is 0 Å². The van der Waals surface area contributed by atoms with Crippen LogP contribution in [-0.4, -0.2) is 9.97 Å². The van der Waals surface area contributed by atoms with E-state index in [0.29, 0.717) is 23.4 Å². The minimum Gasteiger partial charge on any atom is -0.338 e. The highest BCUT2D eigenvalue weighted by atomic mass is 19.1. The smallest absolute Gasteiger partial charge is 0.147 e. The van der Waals surface area contributed by atoms with Gasteiger partial charge in [-0.15, -0.1) is 0 Å². The van der Waals surface area contributed by atoms with Gasteiger partial charge in [0.1, 0.15) is 23.3 Å². The lowest BCUT2D eigenvalue weighted by molar-refractivity contribution is 0.631. The zero-order chi connectivity index (χ0) is 14.8. The van der Waals surface area contributed by atoms with Crippen LogP contribution in [0.4, 0.5) is 21.7 Å². The molecule has 21 heavy (non-hydrogen) atoms. The van der Waals surface area contributed by atoms with Crippen LogP contribution in [0.15, 0.2) is 24.3 Å². The third-order valence-corrected chi connectivity index (χ3v) is 3.19. The Kier molecular flexibility index (Phi) is 3.38. The zero-order valence-corrected chi connectivity index (χ0v) is 11.1. The molecular formula is C14H13FN6. The second-order valence-electron chi connectivity index (χ2n) is 4.85. The van der Waals surface area contributed by atoms with Crippen LogP contribution in [0, 0.1) is 17.1 Å². The van der Waals surface area contributed by atoms with Crippen molar-refractivity contribution in [2.45, 2.75) is 18.8 Å². The first kappa shape index (κ1) is 13.3. The molecule has 0 spiro atoms. The molecule has 0 aliphatic heterocycles. The van der Waals surface area contributed by atoms with Crippen molar-refractivity contribution >= 4 is 17.3 Å². The molecule has 2 aromatic rings. The molecule has 1 aliphatic rings. The highest BCUT2D eigenvalue weighted by molar-refractivity contribution is 5.60. The molecule has 0 bridgehead atoms.